The summed E-state index contributed by atoms with van der Waals surface area (Å²) < 4.78 is 5.58. The molecular weight excluding hydrogens is 212 g/mol. The normalized spacial score (nSPS) is 20.8. The van der Waals surface area contributed by atoms with Crippen molar-refractivity contribution in [2.45, 2.75) is 33.3 Å². The molecule has 1 atom stereocenters. The highest BCUT2D eigenvalue weighted by Crippen LogP contribution is 2.47. The van der Waals surface area contributed by atoms with Crippen molar-refractivity contribution < 1.29 is 9.53 Å². The van der Waals surface area contributed by atoms with E-state index in [1.54, 1.807) is 6.92 Å². The minimum Gasteiger partial charge on any atom is -0.454 e. The molecule has 1 unspecified atom stereocenters. The zero-order valence-electron chi connectivity index (χ0n) is 10.6. The van der Waals surface area contributed by atoms with E-state index in [1.165, 1.54) is 5.56 Å². The van der Waals surface area contributed by atoms with E-state index in [9.17, 15) is 4.79 Å². The van der Waals surface area contributed by atoms with Crippen LogP contribution in [0.5, 0.6) is 0 Å². The molecule has 1 aliphatic carbocycles. The Balaban J connectivity index is 2.32. The fraction of sp³-hybridized carbons (Fsp3) is 0.400. The molecule has 0 saturated carbocycles. The van der Waals surface area contributed by atoms with Crippen molar-refractivity contribution in [3.05, 3.63) is 47.5 Å². The maximum absolute atomic E-state index is 11.7. The average molecular weight is 230 g/mol. The van der Waals surface area contributed by atoms with E-state index >= 15 is 0 Å². The van der Waals surface area contributed by atoms with Gasteiger partial charge in [0.05, 0.1) is 0 Å². The van der Waals surface area contributed by atoms with E-state index in [0.717, 1.165) is 12.0 Å². The summed E-state index contributed by atoms with van der Waals surface area (Å²) in [5.41, 5.74) is 2.81. The number of benzene rings is 1. The van der Waals surface area contributed by atoms with Crippen molar-refractivity contribution in [3.8, 4) is 0 Å². The van der Waals surface area contributed by atoms with Gasteiger partial charge in [-0.2, -0.15) is 0 Å². The lowest BCUT2D eigenvalue weighted by atomic mass is 9.87. The summed E-state index contributed by atoms with van der Waals surface area (Å²) >= 11 is 0. The quantitative estimate of drug-likeness (QED) is 0.574. The summed E-state index contributed by atoms with van der Waals surface area (Å²) in [6, 6.07) is 8.16. The molecule has 2 nitrogen and oxygen atoms in total. The van der Waals surface area contributed by atoms with E-state index in [1.807, 2.05) is 18.2 Å². The molecule has 0 aromatic heterocycles. The molecule has 1 aliphatic rings. The Morgan fingerprint density at radius 2 is 2.06 bits per heavy atom. The van der Waals surface area contributed by atoms with Crippen LogP contribution in [0.25, 0.3) is 0 Å². The molecule has 0 spiro atoms. The maximum Gasteiger partial charge on any atom is 0.333 e. The van der Waals surface area contributed by atoms with Crippen molar-refractivity contribution in [2.75, 3.05) is 0 Å². The van der Waals surface area contributed by atoms with Crippen molar-refractivity contribution in [2.24, 2.45) is 5.41 Å². The second-order valence-corrected chi connectivity index (χ2v) is 5.43. The van der Waals surface area contributed by atoms with Crippen LogP contribution >= 0.6 is 0 Å². The third-order valence-electron chi connectivity index (χ3n) is 3.27. The van der Waals surface area contributed by atoms with Crippen molar-refractivity contribution in [1.29, 1.82) is 0 Å². The van der Waals surface area contributed by atoms with Gasteiger partial charge in [0, 0.05) is 11.0 Å². The average Bonchev–Trinajstić information content (AvgIpc) is 2.50. The molecule has 2 rings (SSSR count). The molecule has 0 bridgehead atoms. The van der Waals surface area contributed by atoms with Gasteiger partial charge >= 0.3 is 5.97 Å². The second kappa shape index (κ2) is 4.02. The van der Waals surface area contributed by atoms with Crippen LogP contribution in [0.15, 0.2) is 36.4 Å². The van der Waals surface area contributed by atoms with E-state index in [-0.39, 0.29) is 17.5 Å². The smallest absolute Gasteiger partial charge is 0.333 e. The van der Waals surface area contributed by atoms with Gasteiger partial charge < -0.3 is 4.74 Å². The summed E-state index contributed by atoms with van der Waals surface area (Å²) in [6.07, 6.45) is 0.778. The number of rotatable bonds is 2. The number of ether oxygens (including phenoxy) is 1. The van der Waals surface area contributed by atoms with E-state index in [4.69, 9.17) is 4.74 Å². The minimum absolute atomic E-state index is 0.0468. The first-order valence-electron chi connectivity index (χ1n) is 5.86. The monoisotopic (exact) mass is 230 g/mol. The van der Waals surface area contributed by atoms with Gasteiger partial charge in [-0.1, -0.05) is 44.7 Å². The fourth-order valence-corrected chi connectivity index (χ4v) is 2.39. The molecule has 0 saturated heterocycles. The Kier molecular flexibility index (Phi) is 2.82. The SMILES string of the molecule is C=C(C)C(=O)OC1c2ccccc2CC1(C)C. The van der Waals surface area contributed by atoms with Crippen LogP contribution in [-0.4, -0.2) is 5.97 Å². The van der Waals surface area contributed by atoms with Crippen LogP contribution in [-0.2, 0) is 16.0 Å². The summed E-state index contributed by atoms with van der Waals surface area (Å²) in [4.78, 5) is 11.7. The van der Waals surface area contributed by atoms with Gasteiger partial charge in [-0.25, -0.2) is 4.79 Å². The summed E-state index contributed by atoms with van der Waals surface area (Å²) in [7, 11) is 0. The molecule has 90 valence electrons. The number of carbonyl (C=O) groups is 1. The first-order valence-corrected chi connectivity index (χ1v) is 5.86. The maximum atomic E-state index is 11.7. The van der Waals surface area contributed by atoms with Crippen molar-refractivity contribution in [3.63, 3.8) is 0 Å². The molecular formula is C15H18O2. The highest BCUT2D eigenvalue weighted by atomic mass is 16.5. The van der Waals surface area contributed by atoms with Gasteiger partial charge in [-0.05, 0) is 24.5 Å². The van der Waals surface area contributed by atoms with Gasteiger partial charge in [0.1, 0.15) is 6.10 Å². The Morgan fingerprint density at radius 1 is 1.41 bits per heavy atom. The Morgan fingerprint density at radius 3 is 2.71 bits per heavy atom. The van der Waals surface area contributed by atoms with Crippen LogP contribution in [0.1, 0.15) is 38.0 Å². The van der Waals surface area contributed by atoms with Crippen LogP contribution in [0, 0.1) is 5.41 Å². The highest BCUT2D eigenvalue weighted by Gasteiger charge is 2.41. The zero-order chi connectivity index (χ0) is 12.6. The third kappa shape index (κ3) is 2.12. The van der Waals surface area contributed by atoms with Gasteiger partial charge in [-0.15, -0.1) is 0 Å². The molecule has 2 heteroatoms. The fourth-order valence-electron chi connectivity index (χ4n) is 2.39. The lowest BCUT2D eigenvalue weighted by Crippen LogP contribution is -2.23. The number of fused-ring (bicyclic) bond motifs is 1. The van der Waals surface area contributed by atoms with Crippen molar-refractivity contribution >= 4 is 5.97 Å². The molecule has 1 aromatic rings. The van der Waals surface area contributed by atoms with Gasteiger partial charge in [0.25, 0.3) is 0 Å². The molecule has 0 fully saturated rings. The van der Waals surface area contributed by atoms with Crippen LogP contribution in [0.2, 0.25) is 0 Å². The largest absolute Gasteiger partial charge is 0.454 e. The van der Waals surface area contributed by atoms with E-state index in [0.29, 0.717) is 5.57 Å². The molecule has 0 amide bonds. The number of hydrogen-bond donors (Lipinski definition) is 0. The van der Waals surface area contributed by atoms with Gasteiger partial charge in [0.15, 0.2) is 0 Å². The van der Waals surface area contributed by atoms with Crippen LogP contribution in [0.4, 0.5) is 0 Å². The topological polar surface area (TPSA) is 26.3 Å². The molecule has 1 aromatic carbocycles. The van der Waals surface area contributed by atoms with Gasteiger partial charge in [-0.3, -0.25) is 0 Å². The highest BCUT2D eigenvalue weighted by molar-refractivity contribution is 5.87. The molecule has 17 heavy (non-hydrogen) atoms. The molecule has 0 radical (unpaired) electrons. The summed E-state index contributed by atoms with van der Waals surface area (Å²) in [5, 5.41) is 0. The zero-order valence-corrected chi connectivity index (χ0v) is 10.6. The third-order valence-corrected chi connectivity index (χ3v) is 3.27. The predicted octanol–water partition coefficient (Wildman–Crippen LogP) is 3.43. The van der Waals surface area contributed by atoms with E-state index in [2.05, 4.69) is 26.5 Å². The molecule has 0 N–H and O–H groups in total. The first kappa shape index (κ1) is 11.9. The van der Waals surface area contributed by atoms with Crippen LogP contribution in [0.3, 0.4) is 0 Å². The summed E-state index contributed by atoms with van der Waals surface area (Å²) in [6.45, 7) is 9.56. The van der Waals surface area contributed by atoms with Gasteiger partial charge in [0.2, 0.25) is 0 Å². The Hall–Kier alpha value is -1.57. The second-order valence-electron chi connectivity index (χ2n) is 5.43. The molecule has 0 heterocycles. The molecule has 0 aliphatic heterocycles. The Bertz CT molecular complexity index is 472. The number of carbonyl (C=O) groups excluding carboxylic acids is 1. The first-order chi connectivity index (χ1) is 7.92. The standard InChI is InChI=1S/C15H18O2/c1-10(2)14(16)17-13-12-8-6-5-7-11(12)9-15(13,3)4/h5-8,13H,1,9H2,2-4H3. The van der Waals surface area contributed by atoms with Crippen molar-refractivity contribution in [1.82, 2.24) is 0 Å². The lowest BCUT2D eigenvalue weighted by molar-refractivity contribution is -0.149. The van der Waals surface area contributed by atoms with E-state index < -0.39 is 0 Å². The number of esters is 1. The number of hydrogen-bond acceptors (Lipinski definition) is 2. The summed E-state index contributed by atoms with van der Waals surface area (Å²) in [5.74, 6) is -0.306. The van der Waals surface area contributed by atoms with Crippen LogP contribution < -0.4 is 0 Å². The minimum atomic E-state index is -0.306. The lowest BCUT2D eigenvalue weighted by Gasteiger charge is -2.27. The Labute approximate surface area is 102 Å². The predicted molar refractivity (Wildman–Crippen MR) is 67.6 cm³/mol.